The van der Waals surface area contributed by atoms with Gasteiger partial charge in [-0.15, -0.1) is 0 Å². The van der Waals surface area contributed by atoms with E-state index in [9.17, 15) is 13.7 Å². The van der Waals surface area contributed by atoms with E-state index in [0.29, 0.717) is 0 Å². The number of nitrogens with zero attached hydrogens (tertiary/aromatic N) is 1. The van der Waals surface area contributed by atoms with Gasteiger partial charge >= 0.3 is 0 Å². The first-order valence-electron chi connectivity index (χ1n) is 6.97. The molecular weight excluding hydrogens is 296 g/mol. The number of sulfone groups is 1. The fourth-order valence-corrected chi connectivity index (χ4v) is 5.11. The number of nitriles is 1. The molecule has 2 N–H and O–H groups in total. The monoisotopic (exact) mass is 312 g/mol. The second-order valence-electron chi connectivity index (χ2n) is 5.71. The Labute approximate surface area is 130 Å². The number of hydrogen-bond donors (Lipinski definition) is 1. The fraction of sp³-hybridized carbons (Fsp3) is 0.235. The molecule has 4 nitrogen and oxygen atoms in total. The Morgan fingerprint density at radius 2 is 1.68 bits per heavy atom. The van der Waals surface area contributed by atoms with Crippen LogP contribution in [0, 0.1) is 18.3 Å². The summed E-state index contributed by atoms with van der Waals surface area (Å²) in [6.07, 6.45) is 0. The Morgan fingerprint density at radius 3 is 2.23 bits per heavy atom. The zero-order valence-corrected chi connectivity index (χ0v) is 12.9. The minimum atomic E-state index is -3.65. The summed E-state index contributed by atoms with van der Waals surface area (Å²) in [5, 5.41) is 8.48. The summed E-state index contributed by atoms with van der Waals surface area (Å²) in [4.78, 5) is 0.214. The topological polar surface area (TPSA) is 83.9 Å². The number of hydrogen-bond acceptors (Lipinski definition) is 4. The average molecular weight is 312 g/mol. The highest BCUT2D eigenvalue weighted by atomic mass is 32.2. The molecule has 1 aliphatic carbocycles. The van der Waals surface area contributed by atoms with Gasteiger partial charge in [0.2, 0.25) is 0 Å². The number of benzene rings is 2. The van der Waals surface area contributed by atoms with Crippen LogP contribution in [0.4, 0.5) is 0 Å². The number of nitrogens with two attached hydrogens (primary N) is 1. The van der Waals surface area contributed by atoms with Crippen LogP contribution in [0.3, 0.4) is 0 Å². The van der Waals surface area contributed by atoms with Gasteiger partial charge in [-0.1, -0.05) is 48.0 Å². The molecule has 5 heteroatoms. The molecule has 0 bridgehead atoms. The van der Waals surface area contributed by atoms with Gasteiger partial charge in [0.05, 0.1) is 11.0 Å². The van der Waals surface area contributed by atoms with Crippen LogP contribution in [0.15, 0.2) is 59.5 Å². The van der Waals surface area contributed by atoms with Gasteiger partial charge in [0.25, 0.3) is 0 Å². The maximum absolute atomic E-state index is 12.8. The molecule has 3 atom stereocenters. The number of rotatable bonds is 3. The molecule has 0 amide bonds. The predicted octanol–water partition coefficient (Wildman–Crippen LogP) is 2.16. The molecule has 0 aliphatic heterocycles. The second kappa shape index (κ2) is 4.94. The molecule has 3 unspecified atom stereocenters. The van der Waals surface area contributed by atoms with Crippen molar-refractivity contribution >= 4 is 9.84 Å². The molecule has 1 saturated carbocycles. The van der Waals surface area contributed by atoms with E-state index < -0.39 is 26.5 Å². The Hall–Kier alpha value is -2.16. The van der Waals surface area contributed by atoms with Crippen LogP contribution in [0.25, 0.3) is 0 Å². The molecule has 3 rings (SSSR count). The van der Waals surface area contributed by atoms with Gasteiger partial charge in [0, 0.05) is 5.92 Å². The van der Waals surface area contributed by atoms with Crippen molar-refractivity contribution in [2.75, 3.05) is 0 Å². The van der Waals surface area contributed by atoms with Crippen LogP contribution < -0.4 is 5.73 Å². The van der Waals surface area contributed by atoms with E-state index in [4.69, 9.17) is 5.73 Å². The molecule has 2 aromatic rings. The van der Waals surface area contributed by atoms with Crippen LogP contribution in [0.5, 0.6) is 0 Å². The van der Waals surface area contributed by atoms with E-state index in [0.717, 1.165) is 11.1 Å². The first-order valence-corrected chi connectivity index (χ1v) is 8.51. The van der Waals surface area contributed by atoms with Crippen LogP contribution in [0.1, 0.15) is 17.0 Å². The van der Waals surface area contributed by atoms with Gasteiger partial charge < -0.3 is 5.73 Å². The van der Waals surface area contributed by atoms with Crippen molar-refractivity contribution in [1.29, 1.82) is 5.26 Å². The molecule has 2 aromatic carbocycles. The quantitative estimate of drug-likeness (QED) is 0.941. The van der Waals surface area contributed by atoms with Crippen molar-refractivity contribution in [3.05, 3.63) is 65.7 Å². The van der Waals surface area contributed by atoms with Crippen molar-refractivity contribution in [2.24, 2.45) is 5.73 Å². The van der Waals surface area contributed by atoms with Crippen LogP contribution >= 0.6 is 0 Å². The first kappa shape index (κ1) is 14.8. The largest absolute Gasteiger partial charge is 0.312 e. The van der Waals surface area contributed by atoms with Gasteiger partial charge in [-0.25, -0.2) is 8.42 Å². The molecule has 22 heavy (non-hydrogen) atoms. The number of aryl methyl sites for hydroxylation is 1. The van der Waals surface area contributed by atoms with Crippen molar-refractivity contribution in [3.63, 3.8) is 0 Å². The highest BCUT2D eigenvalue weighted by Gasteiger charge is 2.70. The summed E-state index contributed by atoms with van der Waals surface area (Å²) in [6, 6.07) is 17.8. The SMILES string of the molecule is Cc1ccc(S(=O)(=O)C2C(c3ccccc3)C2(N)C#N)cc1. The third-order valence-corrected chi connectivity index (χ3v) is 6.48. The molecule has 0 aromatic heterocycles. The lowest BCUT2D eigenvalue weighted by atomic mass is 10.1. The van der Waals surface area contributed by atoms with Crippen LogP contribution in [0.2, 0.25) is 0 Å². The molecule has 112 valence electrons. The summed E-state index contributed by atoms with van der Waals surface area (Å²) < 4.78 is 25.7. The molecular formula is C17H16N2O2S. The van der Waals surface area contributed by atoms with Gasteiger partial charge in [-0.05, 0) is 24.6 Å². The predicted molar refractivity (Wildman–Crippen MR) is 83.9 cm³/mol. The highest BCUT2D eigenvalue weighted by molar-refractivity contribution is 7.92. The maximum atomic E-state index is 12.8. The molecule has 0 radical (unpaired) electrons. The zero-order valence-electron chi connectivity index (χ0n) is 12.1. The first-order chi connectivity index (χ1) is 10.4. The minimum Gasteiger partial charge on any atom is -0.312 e. The third-order valence-electron chi connectivity index (χ3n) is 4.22. The Balaban J connectivity index is 2.04. The summed E-state index contributed by atoms with van der Waals surface area (Å²) in [7, 11) is -3.65. The maximum Gasteiger partial charge on any atom is 0.184 e. The lowest BCUT2D eigenvalue weighted by molar-refractivity contribution is 0.592. The van der Waals surface area contributed by atoms with Crippen LogP contribution in [-0.2, 0) is 9.84 Å². The van der Waals surface area contributed by atoms with Crippen molar-refractivity contribution in [2.45, 2.75) is 28.5 Å². The average Bonchev–Trinajstić information content (AvgIpc) is 3.16. The normalized spacial score (nSPS) is 27.1. The second-order valence-corrected chi connectivity index (χ2v) is 7.78. The van der Waals surface area contributed by atoms with E-state index in [2.05, 4.69) is 0 Å². The molecule has 0 heterocycles. The van der Waals surface area contributed by atoms with E-state index >= 15 is 0 Å². The van der Waals surface area contributed by atoms with Crippen molar-refractivity contribution < 1.29 is 8.42 Å². The lowest BCUT2D eigenvalue weighted by Gasteiger charge is -2.05. The molecule has 1 fully saturated rings. The Kier molecular flexibility index (Phi) is 3.32. The zero-order chi connectivity index (χ0) is 16.0. The summed E-state index contributed by atoms with van der Waals surface area (Å²) >= 11 is 0. The molecule has 0 spiro atoms. The van der Waals surface area contributed by atoms with E-state index in [1.54, 1.807) is 24.3 Å². The van der Waals surface area contributed by atoms with E-state index in [1.807, 2.05) is 43.3 Å². The highest BCUT2D eigenvalue weighted by Crippen LogP contribution is 2.55. The third kappa shape index (κ3) is 2.12. The summed E-state index contributed by atoms with van der Waals surface area (Å²) in [6.45, 7) is 1.89. The van der Waals surface area contributed by atoms with E-state index in [1.165, 1.54) is 0 Å². The van der Waals surface area contributed by atoms with E-state index in [-0.39, 0.29) is 4.90 Å². The summed E-state index contributed by atoms with van der Waals surface area (Å²) in [5.74, 6) is -0.495. The summed E-state index contributed by atoms with van der Waals surface area (Å²) in [5.41, 5.74) is 6.47. The standard InChI is InChI=1S/C17H16N2O2S/c1-12-7-9-14(10-8-12)22(20,21)16-15(17(16,19)11-18)13-5-3-2-4-6-13/h2-10,15-16H,19H2,1H3. The fourth-order valence-electron chi connectivity index (χ4n) is 2.93. The van der Waals surface area contributed by atoms with Gasteiger partial charge in [-0.2, -0.15) is 5.26 Å². The molecule has 0 saturated heterocycles. The Bertz CT molecular complexity index is 838. The van der Waals surface area contributed by atoms with Crippen LogP contribution in [-0.4, -0.2) is 19.2 Å². The van der Waals surface area contributed by atoms with Gasteiger partial charge in [-0.3, -0.25) is 0 Å². The van der Waals surface area contributed by atoms with Crippen molar-refractivity contribution in [1.82, 2.24) is 0 Å². The minimum absolute atomic E-state index is 0.214. The van der Waals surface area contributed by atoms with Gasteiger partial charge in [0.1, 0.15) is 10.8 Å². The van der Waals surface area contributed by atoms with Gasteiger partial charge in [0.15, 0.2) is 9.84 Å². The van der Waals surface area contributed by atoms with Crippen molar-refractivity contribution in [3.8, 4) is 6.07 Å². The smallest absolute Gasteiger partial charge is 0.184 e. The lowest BCUT2D eigenvalue weighted by Crippen LogP contribution is -2.29. The molecule has 1 aliphatic rings. The Morgan fingerprint density at radius 1 is 1.09 bits per heavy atom.